The van der Waals surface area contributed by atoms with Gasteiger partial charge in [0.15, 0.2) is 5.78 Å². The van der Waals surface area contributed by atoms with Crippen LogP contribution >= 0.6 is 22.6 Å². The molecule has 0 bridgehead atoms. The maximum atomic E-state index is 11.9. The van der Waals surface area contributed by atoms with Gasteiger partial charge in [0.05, 0.1) is 6.54 Å². The third-order valence-corrected chi connectivity index (χ3v) is 3.26. The van der Waals surface area contributed by atoms with Crippen LogP contribution in [0.4, 0.5) is 0 Å². The number of aromatic nitrogens is 1. The summed E-state index contributed by atoms with van der Waals surface area (Å²) in [7, 11) is 3.75. The van der Waals surface area contributed by atoms with E-state index in [9.17, 15) is 4.79 Å². The minimum atomic E-state index is 0.134. The van der Waals surface area contributed by atoms with E-state index in [4.69, 9.17) is 0 Å². The summed E-state index contributed by atoms with van der Waals surface area (Å²) in [4.78, 5) is 11.9. The van der Waals surface area contributed by atoms with Gasteiger partial charge in [-0.1, -0.05) is 6.07 Å². The van der Waals surface area contributed by atoms with Gasteiger partial charge in [-0.15, -0.1) is 0 Å². The van der Waals surface area contributed by atoms with E-state index in [1.54, 1.807) is 7.05 Å². The van der Waals surface area contributed by atoms with Crippen molar-refractivity contribution in [2.45, 2.75) is 0 Å². The fourth-order valence-electron chi connectivity index (χ4n) is 1.84. The van der Waals surface area contributed by atoms with Gasteiger partial charge in [-0.05, 0) is 41.8 Å². The Labute approximate surface area is 108 Å². The zero-order valence-corrected chi connectivity index (χ0v) is 11.4. The number of hydrogen-bond donors (Lipinski definition) is 1. The summed E-state index contributed by atoms with van der Waals surface area (Å²) < 4.78 is 3.18. The van der Waals surface area contributed by atoms with Crippen LogP contribution in [0.15, 0.2) is 24.4 Å². The molecule has 0 unspecified atom stereocenters. The van der Waals surface area contributed by atoms with Crippen molar-refractivity contribution in [3.63, 3.8) is 0 Å². The fourth-order valence-corrected chi connectivity index (χ4v) is 2.31. The molecule has 1 heterocycles. The van der Waals surface area contributed by atoms with Gasteiger partial charge in [0.2, 0.25) is 0 Å². The highest BCUT2D eigenvalue weighted by Gasteiger charge is 2.12. The van der Waals surface area contributed by atoms with Crippen molar-refractivity contribution < 1.29 is 4.79 Å². The fraction of sp³-hybridized carbons (Fsp3) is 0.250. The first kappa shape index (κ1) is 11.6. The number of Topliss-reactive ketones (excluding diaryl/α,β-unsaturated/α-hetero) is 1. The lowest BCUT2D eigenvalue weighted by Crippen LogP contribution is -2.18. The normalized spacial score (nSPS) is 10.9. The SMILES string of the molecule is CNCC(=O)c1cn(C)c2cc(I)ccc12. The molecule has 0 fully saturated rings. The number of halogens is 1. The molecule has 0 radical (unpaired) electrons. The number of nitrogens with zero attached hydrogens (tertiary/aromatic N) is 1. The monoisotopic (exact) mass is 328 g/mol. The van der Waals surface area contributed by atoms with Gasteiger partial charge < -0.3 is 9.88 Å². The van der Waals surface area contributed by atoms with Crippen molar-refractivity contribution in [1.29, 1.82) is 0 Å². The van der Waals surface area contributed by atoms with Crippen molar-refractivity contribution in [1.82, 2.24) is 9.88 Å². The molecule has 84 valence electrons. The quantitative estimate of drug-likeness (QED) is 0.692. The molecule has 1 aromatic heterocycles. The van der Waals surface area contributed by atoms with Crippen LogP contribution in [0, 0.1) is 3.57 Å². The number of aryl methyl sites for hydroxylation is 1. The average molecular weight is 328 g/mol. The molecule has 0 aliphatic heterocycles. The molecule has 0 aliphatic carbocycles. The Morgan fingerprint density at radius 1 is 1.50 bits per heavy atom. The standard InChI is InChI=1S/C12H13IN2O/c1-14-6-12(16)10-7-15(2)11-5-8(13)3-4-9(10)11/h3-5,7,14H,6H2,1-2H3. The number of fused-ring (bicyclic) bond motifs is 1. The summed E-state index contributed by atoms with van der Waals surface area (Å²) in [5.41, 5.74) is 1.90. The predicted octanol–water partition coefficient (Wildman–Crippen LogP) is 2.19. The van der Waals surface area contributed by atoms with E-state index in [1.807, 2.05) is 29.9 Å². The van der Waals surface area contributed by atoms with E-state index in [0.29, 0.717) is 6.54 Å². The van der Waals surface area contributed by atoms with E-state index in [0.717, 1.165) is 16.5 Å². The van der Waals surface area contributed by atoms with E-state index >= 15 is 0 Å². The molecule has 2 rings (SSSR count). The highest BCUT2D eigenvalue weighted by Crippen LogP contribution is 2.22. The second kappa shape index (κ2) is 4.55. The Kier molecular flexibility index (Phi) is 3.30. The summed E-state index contributed by atoms with van der Waals surface area (Å²) >= 11 is 2.28. The molecule has 0 atom stereocenters. The van der Waals surface area contributed by atoms with Crippen LogP contribution in [0.2, 0.25) is 0 Å². The van der Waals surface area contributed by atoms with Gasteiger partial charge in [0.1, 0.15) is 0 Å². The topological polar surface area (TPSA) is 34.0 Å². The van der Waals surface area contributed by atoms with Crippen LogP contribution in [0.5, 0.6) is 0 Å². The average Bonchev–Trinajstić information content (AvgIpc) is 2.56. The van der Waals surface area contributed by atoms with Crippen LogP contribution in [0.3, 0.4) is 0 Å². The van der Waals surface area contributed by atoms with Gasteiger partial charge in [-0.25, -0.2) is 0 Å². The molecular formula is C12H13IN2O. The number of carbonyl (C=O) groups is 1. The number of rotatable bonds is 3. The Hall–Kier alpha value is -0.880. The van der Waals surface area contributed by atoms with Gasteiger partial charge in [-0.3, -0.25) is 4.79 Å². The maximum absolute atomic E-state index is 11.9. The van der Waals surface area contributed by atoms with Crippen LogP contribution in [0.1, 0.15) is 10.4 Å². The summed E-state index contributed by atoms with van der Waals surface area (Å²) in [6.45, 7) is 0.380. The minimum Gasteiger partial charge on any atom is -0.350 e. The maximum Gasteiger partial charge on any atom is 0.178 e. The molecule has 4 heteroatoms. The highest BCUT2D eigenvalue weighted by molar-refractivity contribution is 14.1. The van der Waals surface area contributed by atoms with Crippen LogP contribution < -0.4 is 5.32 Å². The van der Waals surface area contributed by atoms with Gasteiger partial charge in [0.25, 0.3) is 0 Å². The summed E-state index contributed by atoms with van der Waals surface area (Å²) in [5, 5.41) is 3.92. The first-order valence-electron chi connectivity index (χ1n) is 5.06. The van der Waals surface area contributed by atoms with E-state index < -0.39 is 0 Å². The Balaban J connectivity index is 2.59. The first-order valence-corrected chi connectivity index (χ1v) is 6.13. The molecule has 16 heavy (non-hydrogen) atoms. The summed E-state index contributed by atoms with van der Waals surface area (Å²) in [6.07, 6.45) is 1.90. The Morgan fingerprint density at radius 2 is 2.25 bits per heavy atom. The summed E-state index contributed by atoms with van der Waals surface area (Å²) in [5.74, 6) is 0.134. The molecule has 2 aromatic rings. The number of ketones is 1. The second-order valence-corrected chi connectivity index (χ2v) is 5.01. The molecule has 0 saturated heterocycles. The van der Waals surface area contributed by atoms with E-state index in [-0.39, 0.29) is 5.78 Å². The predicted molar refractivity (Wildman–Crippen MR) is 73.9 cm³/mol. The molecule has 3 nitrogen and oxygen atoms in total. The molecule has 0 saturated carbocycles. The molecule has 0 spiro atoms. The van der Waals surface area contributed by atoms with Crippen molar-refractivity contribution in [3.8, 4) is 0 Å². The Morgan fingerprint density at radius 3 is 2.94 bits per heavy atom. The summed E-state index contributed by atoms with van der Waals surface area (Å²) in [6, 6.07) is 6.13. The number of hydrogen-bond acceptors (Lipinski definition) is 2. The van der Waals surface area contributed by atoms with Crippen molar-refractivity contribution in [2.75, 3.05) is 13.6 Å². The van der Waals surface area contributed by atoms with Crippen LogP contribution in [-0.4, -0.2) is 23.9 Å². The molecule has 0 aliphatic rings. The van der Waals surface area contributed by atoms with E-state index in [1.165, 1.54) is 3.57 Å². The van der Waals surface area contributed by atoms with Crippen LogP contribution in [-0.2, 0) is 7.05 Å². The lowest BCUT2D eigenvalue weighted by molar-refractivity contribution is 0.0995. The van der Waals surface area contributed by atoms with Gasteiger partial charge in [0, 0.05) is 33.3 Å². The van der Waals surface area contributed by atoms with Gasteiger partial charge >= 0.3 is 0 Å². The van der Waals surface area contributed by atoms with Crippen molar-refractivity contribution >= 4 is 39.3 Å². The lowest BCUT2D eigenvalue weighted by Gasteiger charge is -1.98. The van der Waals surface area contributed by atoms with E-state index in [2.05, 4.69) is 34.0 Å². The zero-order chi connectivity index (χ0) is 11.7. The highest BCUT2D eigenvalue weighted by atomic mass is 127. The third-order valence-electron chi connectivity index (χ3n) is 2.59. The minimum absolute atomic E-state index is 0.134. The largest absolute Gasteiger partial charge is 0.350 e. The number of benzene rings is 1. The zero-order valence-electron chi connectivity index (χ0n) is 9.25. The molecule has 1 N–H and O–H groups in total. The van der Waals surface area contributed by atoms with Crippen molar-refractivity contribution in [2.24, 2.45) is 7.05 Å². The second-order valence-electron chi connectivity index (χ2n) is 3.77. The smallest absolute Gasteiger partial charge is 0.178 e. The number of likely N-dealkylation sites (N-methyl/N-ethyl adjacent to an activating group) is 1. The number of nitrogens with one attached hydrogen (secondary N) is 1. The molecule has 1 aromatic carbocycles. The van der Waals surface area contributed by atoms with Crippen LogP contribution in [0.25, 0.3) is 10.9 Å². The molecular weight excluding hydrogens is 315 g/mol. The molecule has 0 amide bonds. The lowest BCUT2D eigenvalue weighted by atomic mass is 10.1. The Bertz CT molecular complexity index is 545. The first-order chi connectivity index (χ1) is 7.63. The van der Waals surface area contributed by atoms with Gasteiger partial charge in [-0.2, -0.15) is 0 Å². The van der Waals surface area contributed by atoms with Crippen molar-refractivity contribution in [3.05, 3.63) is 33.5 Å². The third kappa shape index (κ3) is 1.99. The number of carbonyl (C=O) groups excluding carboxylic acids is 1.